The fraction of sp³-hybridized carbons (Fsp3) is 0.350. The van der Waals surface area contributed by atoms with Gasteiger partial charge in [0.25, 0.3) is 0 Å². The minimum atomic E-state index is -0.935. The Morgan fingerprint density at radius 3 is 0.708 bits per heavy atom. The monoisotopic (exact) mass is 1930 g/mol. The topological polar surface area (TPSA) is 298 Å². The zero-order valence-electron chi connectivity index (χ0n) is 82.4. The van der Waals surface area contributed by atoms with Crippen LogP contribution in [-0.4, -0.2) is 115 Å². The summed E-state index contributed by atoms with van der Waals surface area (Å²) >= 11 is 0. The van der Waals surface area contributed by atoms with Crippen LogP contribution in [0.15, 0.2) is 291 Å². The molecular weight excluding hydrogens is 1780 g/mol. The molecule has 18 rings (SSSR count). The van der Waals surface area contributed by atoms with Gasteiger partial charge in [-0.3, -0.25) is 0 Å². The van der Waals surface area contributed by atoms with E-state index in [4.69, 9.17) is 9.47 Å². The molecule has 0 amide bonds. The molecular formula is C117H154N6O12Ti2. The number of rotatable bonds is 20. The Morgan fingerprint density at radius 2 is 0.496 bits per heavy atom. The van der Waals surface area contributed by atoms with E-state index >= 15 is 0 Å². The van der Waals surface area contributed by atoms with E-state index in [1.54, 1.807) is 14.2 Å². The van der Waals surface area contributed by atoms with Crippen molar-refractivity contribution in [1.29, 1.82) is 0 Å². The predicted octanol–water partition coefficient (Wildman–Crippen LogP) is 24.3. The van der Waals surface area contributed by atoms with Crippen LogP contribution in [0.4, 0.5) is 0 Å². The molecule has 1 saturated heterocycles. The molecule has 137 heavy (non-hydrogen) atoms. The third-order valence-electron chi connectivity index (χ3n) is 23.5. The predicted molar refractivity (Wildman–Crippen MR) is 560 cm³/mol. The van der Waals surface area contributed by atoms with Crippen molar-refractivity contribution in [3.63, 3.8) is 0 Å². The third kappa shape index (κ3) is 34.1. The van der Waals surface area contributed by atoms with Crippen molar-refractivity contribution in [1.82, 2.24) is 31.1 Å². The Morgan fingerprint density at radius 1 is 0.299 bits per heavy atom. The van der Waals surface area contributed by atoms with E-state index in [1.807, 2.05) is 194 Å². The van der Waals surface area contributed by atoms with Crippen LogP contribution < -0.4 is 30.7 Å². The summed E-state index contributed by atoms with van der Waals surface area (Å²) < 4.78 is 23.3. The number of phenolic OH excluding ortho intramolecular Hbond substituents is 4. The molecule has 4 fully saturated rings. The van der Waals surface area contributed by atoms with Crippen molar-refractivity contribution < 1.29 is 105 Å². The minimum Gasteiger partial charge on any atom is -0.507 e. The molecule has 0 bridgehead atoms. The zero-order chi connectivity index (χ0) is 92.3. The van der Waals surface area contributed by atoms with Crippen LogP contribution in [0.2, 0.25) is 0 Å². The summed E-state index contributed by atoms with van der Waals surface area (Å²) in [4.78, 5) is 5.05. The Bertz CT molecular complexity index is 4790. The fourth-order valence-corrected chi connectivity index (χ4v) is 17.7. The van der Waals surface area contributed by atoms with Gasteiger partial charge in [-0.25, -0.2) is 9.80 Å². The summed E-state index contributed by atoms with van der Waals surface area (Å²) in [5.41, 5.74) is 18.3. The van der Waals surface area contributed by atoms with Gasteiger partial charge in [-0.2, -0.15) is 83.1 Å². The third-order valence-corrected chi connectivity index (χ3v) is 23.5. The van der Waals surface area contributed by atoms with Crippen LogP contribution in [0.3, 0.4) is 0 Å². The maximum absolute atomic E-state index is 11.0. The fourth-order valence-electron chi connectivity index (χ4n) is 17.7. The van der Waals surface area contributed by atoms with Gasteiger partial charge < -0.3 is 106 Å². The van der Waals surface area contributed by atoms with Gasteiger partial charge in [0.05, 0.1) is 0 Å². The van der Waals surface area contributed by atoms with E-state index in [0.29, 0.717) is 92.2 Å². The number of ether oxygens (including phenoxy) is 4. The first kappa shape index (κ1) is 120. The molecule has 1 spiro atoms. The van der Waals surface area contributed by atoms with Crippen LogP contribution in [0.25, 0.3) is 66.8 Å². The number of nitrogens with zero attached hydrogens (tertiary/aromatic N) is 2. The van der Waals surface area contributed by atoms with E-state index in [-0.39, 0.29) is 72.8 Å². The molecule has 18 nitrogen and oxygen atoms in total. The Hall–Kier alpha value is -9.61. The van der Waals surface area contributed by atoms with Gasteiger partial charge in [-0.1, -0.05) is 337 Å². The molecule has 0 radical (unpaired) electrons. The van der Waals surface area contributed by atoms with Crippen molar-refractivity contribution >= 4 is 0 Å². The quantitative estimate of drug-likeness (QED) is 0.0200. The number of hydrogen-bond acceptors (Lipinski definition) is 14. The van der Waals surface area contributed by atoms with Crippen LogP contribution in [-0.2, 0) is 92.2 Å². The Kier molecular flexibility index (Phi) is 53.9. The molecule has 0 aromatic heterocycles. The van der Waals surface area contributed by atoms with Gasteiger partial charge in [0.1, 0.15) is 41.3 Å². The van der Waals surface area contributed by atoms with E-state index < -0.39 is 6.03 Å². The summed E-state index contributed by atoms with van der Waals surface area (Å²) in [5, 5.41) is 58.7. The second-order valence-corrected chi connectivity index (χ2v) is 36.7. The number of benzene rings is 12. The molecule has 4 unspecified atom stereocenters. The van der Waals surface area contributed by atoms with Gasteiger partial charge in [0.2, 0.25) is 0 Å². The smallest absolute Gasteiger partial charge is 0.507 e. The normalized spacial score (nSPS) is 17.7. The molecule has 3 saturated carbocycles. The number of aromatic hydroxyl groups is 4. The maximum atomic E-state index is 11.0. The number of phenols is 4. The van der Waals surface area contributed by atoms with Crippen molar-refractivity contribution in [2.75, 3.05) is 21.0 Å². The van der Waals surface area contributed by atoms with Gasteiger partial charge >= 0.3 is 27.8 Å². The van der Waals surface area contributed by atoms with Crippen molar-refractivity contribution in [2.45, 2.75) is 249 Å². The summed E-state index contributed by atoms with van der Waals surface area (Å²) in [6.07, 6.45) is 14.0. The first-order chi connectivity index (χ1) is 63.1. The molecule has 7 atom stereocenters. The second kappa shape index (κ2) is 61.7. The van der Waals surface area contributed by atoms with Crippen LogP contribution in [0.1, 0.15) is 201 Å². The van der Waals surface area contributed by atoms with Crippen LogP contribution >= 0.6 is 0 Å². The van der Waals surface area contributed by atoms with E-state index in [0.717, 1.165) is 128 Å². The number of fused-ring (bicyclic) bond motifs is 5. The number of methoxy groups -OCH3 is 2. The number of hydrogen-bond donors (Lipinski definition) is 8. The van der Waals surface area contributed by atoms with Gasteiger partial charge in [-0.15, -0.1) is 0 Å². The maximum Gasteiger partial charge on any atom is 4.00 e. The van der Waals surface area contributed by atoms with Gasteiger partial charge in [-0.05, 0) is 71.9 Å². The molecule has 3 heterocycles. The zero-order valence-corrected chi connectivity index (χ0v) is 85.6. The first-order valence-corrected chi connectivity index (χ1v) is 46.8. The summed E-state index contributed by atoms with van der Waals surface area (Å²) in [7, 11) is 3.17. The van der Waals surface area contributed by atoms with Gasteiger partial charge in [0.15, 0.2) is 0 Å². The minimum absolute atomic E-state index is 0. The first-order valence-electron chi connectivity index (χ1n) is 46.8. The second-order valence-electron chi connectivity index (χ2n) is 36.7. The van der Waals surface area contributed by atoms with Crippen molar-refractivity contribution in [3.8, 4) is 101 Å². The molecule has 3 aliphatic carbocycles. The summed E-state index contributed by atoms with van der Waals surface area (Å²) in [5.74, 6) is 8.96. The molecule has 12 aromatic carbocycles. The molecule has 12 aromatic rings. The average Bonchev–Trinajstić information content (AvgIpc) is 1.54. The molecule has 3 aliphatic heterocycles. The number of nitrogens with one attached hydrogen (secondary N) is 4. The van der Waals surface area contributed by atoms with Gasteiger partial charge in [0, 0.05) is 178 Å². The largest absolute Gasteiger partial charge is 4.00 e. The SMILES string of the molecule is C.COCOC.C[C-](C)C.C[C-](C)C.C[C-](C)C.C[C-](C)C.O.O.O.O.Oc1c(CNC2CCCC[C@H]2NCc2cccc(-c3ccccc3)c2O)cccc1-c1ccccc1.Oc1c(CNC2CCCC[C@H]2NCc2cccc(-c3ccccc3)c2O)cccc1-c1ccccc1.[Ti+4].[Ti].c1ccc(-c2cccc3c2OC24Oc5c(cccc5-c5ccccc5)CN2[C@@H]2CCCCC2N4C3)cc1. The molecule has 20 heteroatoms. The summed E-state index contributed by atoms with van der Waals surface area (Å²) in [6.45, 7) is 29.5. The molecule has 6 aliphatic rings. The van der Waals surface area contributed by atoms with E-state index in [1.165, 1.54) is 97.3 Å². The Balaban J connectivity index is 0.000000379. The van der Waals surface area contributed by atoms with Crippen molar-refractivity contribution in [2.24, 2.45) is 0 Å². The number of para-hydroxylation sites is 6. The molecule has 16 N–H and O–H groups in total. The van der Waals surface area contributed by atoms with E-state index in [9.17, 15) is 20.4 Å². The average molecular weight is 1930 g/mol. The molecule has 732 valence electrons. The Labute approximate surface area is 849 Å². The standard InChI is InChI=1S/C33H30N2O2.2C32H34N2O2.4C4H9.C3H8O2.CH4.4H2O.2Ti/c1-3-11-23(12-4-1)27-17-9-15-25-21-34-29-19-7-8-20-30(29)35-22-26-16-10-18-28(24-13-5-2-6-14-24)32(26)37-33(34,35)36-31(25)27;2*35-31-25(15-9-17-27(31)23-11-3-1-4-12-23)21-33-29-19-7-8-20-30(29)34-22-26-16-10-18-28(32(26)36)24-13-5-2-6-14-24;4*1-4(2)3;1-4-3-5-2;;;;;;;/h1-6,9-18,29-30H,7-8,19-22H2;2*1-6,9-18,29-30,33-36H,7-8,19-22H2;4*1-3H3;3H2,1-2H3;1H4;4*1H2;;/q;;;4*-1;;;;;;;;+4/t29-,30?,33?;2*29-,30?;;;;;;;;;;;;/m111............/s1. The van der Waals surface area contributed by atoms with E-state index in [2.05, 4.69) is 221 Å². The summed E-state index contributed by atoms with van der Waals surface area (Å²) in [6, 6.07) is 99.4. The van der Waals surface area contributed by atoms with Crippen molar-refractivity contribution in [3.05, 3.63) is 348 Å². The van der Waals surface area contributed by atoms with Crippen LogP contribution in [0, 0.1) is 23.7 Å². The van der Waals surface area contributed by atoms with Crippen LogP contribution in [0.5, 0.6) is 34.5 Å².